The number of hydrogen-bond donors (Lipinski definition) is 1. The first kappa shape index (κ1) is 20.8. The van der Waals surface area contributed by atoms with Crippen molar-refractivity contribution in [2.45, 2.75) is 58.5 Å². The molecule has 0 radical (unpaired) electrons. The quantitative estimate of drug-likeness (QED) is 0.813. The molecule has 1 amide bonds. The summed E-state index contributed by atoms with van der Waals surface area (Å²) >= 11 is 0. The lowest BCUT2D eigenvalue weighted by Crippen LogP contribution is -2.51. The van der Waals surface area contributed by atoms with E-state index < -0.39 is 0 Å². The number of nitrogens with zero attached hydrogens (tertiary/aromatic N) is 2. The predicted molar refractivity (Wildman–Crippen MR) is 111 cm³/mol. The van der Waals surface area contributed by atoms with Crippen LogP contribution in [0.15, 0.2) is 22.7 Å². The summed E-state index contributed by atoms with van der Waals surface area (Å²) in [6.07, 6.45) is 4.72. The van der Waals surface area contributed by atoms with Gasteiger partial charge in [0.1, 0.15) is 17.3 Å². The average molecular weight is 416 g/mol. The number of halogens is 1. The van der Waals surface area contributed by atoms with Crippen molar-refractivity contribution < 1.29 is 18.4 Å². The van der Waals surface area contributed by atoms with Gasteiger partial charge in [-0.25, -0.2) is 4.39 Å². The first-order valence-electron chi connectivity index (χ1n) is 10.8. The minimum atomic E-state index is -0.267. The largest absolute Gasteiger partial charge is 0.483 e. The Hall–Kier alpha value is -2.41. The van der Waals surface area contributed by atoms with Crippen LogP contribution in [0, 0.1) is 25.6 Å². The summed E-state index contributed by atoms with van der Waals surface area (Å²) in [6, 6.07) is 4.69. The van der Waals surface area contributed by atoms with Crippen molar-refractivity contribution >= 4 is 5.91 Å². The molecule has 2 atom stereocenters. The second-order valence-corrected chi connectivity index (χ2v) is 8.55. The standard InChI is InChI=1S/C23H30FN3O3/c1-15-20(16(2)30-26-15)13-27-10-9-21-18(12-27)6-4-3-5-17-11-19(24)7-8-22(17)29-14-23(28)25-21/h7-8,11,18,21H,3-6,9-10,12-14H2,1-2H3,(H,25,28)/t18-,21+/m1/s1. The van der Waals surface area contributed by atoms with Crippen LogP contribution in [-0.4, -0.2) is 41.7 Å². The minimum Gasteiger partial charge on any atom is -0.483 e. The van der Waals surface area contributed by atoms with Gasteiger partial charge in [0.15, 0.2) is 6.61 Å². The van der Waals surface area contributed by atoms with E-state index in [0.717, 1.165) is 74.3 Å². The van der Waals surface area contributed by atoms with Gasteiger partial charge in [0, 0.05) is 31.2 Å². The number of aryl methyl sites for hydroxylation is 3. The van der Waals surface area contributed by atoms with Crippen LogP contribution in [-0.2, 0) is 17.8 Å². The Kier molecular flexibility index (Phi) is 6.37. The van der Waals surface area contributed by atoms with Gasteiger partial charge in [0.05, 0.1) is 5.69 Å². The van der Waals surface area contributed by atoms with Gasteiger partial charge in [0.2, 0.25) is 0 Å². The van der Waals surface area contributed by atoms with Crippen LogP contribution < -0.4 is 10.1 Å². The highest BCUT2D eigenvalue weighted by Crippen LogP contribution is 2.28. The SMILES string of the molecule is Cc1noc(C)c1CN1CC[C@@H]2NC(=O)COc3ccc(F)cc3CCCC[C@@H]2C1. The van der Waals surface area contributed by atoms with Crippen molar-refractivity contribution in [3.63, 3.8) is 0 Å². The number of carbonyl (C=O) groups is 1. The third-order valence-electron chi connectivity index (χ3n) is 6.38. The Morgan fingerprint density at radius 3 is 2.93 bits per heavy atom. The van der Waals surface area contributed by atoms with Gasteiger partial charge in [-0.1, -0.05) is 11.6 Å². The number of ether oxygens (including phenoxy) is 1. The fraction of sp³-hybridized carbons (Fsp3) is 0.565. The molecule has 2 aliphatic heterocycles. The maximum absolute atomic E-state index is 13.7. The highest BCUT2D eigenvalue weighted by atomic mass is 19.1. The molecule has 162 valence electrons. The number of nitrogens with one attached hydrogen (secondary N) is 1. The molecule has 0 aliphatic carbocycles. The Morgan fingerprint density at radius 1 is 1.27 bits per heavy atom. The van der Waals surface area contributed by atoms with Gasteiger partial charge in [0.25, 0.3) is 5.91 Å². The predicted octanol–water partition coefficient (Wildman–Crippen LogP) is 3.54. The van der Waals surface area contributed by atoms with Crippen molar-refractivity contribution in [1.29, 1.82) is 0 Å². The topological polar surface area (TPSA) is 67.6 Å². The number of carbonyl (C=O) groups excluding carboxylic acids is 1. The molecule has 30 heavy (non-hydrogen) atoms. The maximum Gasteiger partial charge on any atom is 0.258 e. The molecule has 0 bridgehead atoms. The monoisotopic (exact) mass is 415 g/mol. The van der Waals surface area contributed by atoms with E-state index in [1.165, 1.54) is 12.1 Å². The number of benzene rings is 1. The van der Waals surface area contributed by atoms with E-state index in [-0.39, 0.29) is 24.4 Å². The Bertz CT molecular complexity index is 878. The first-order chi connectivity index (χ1) is 14.5. The van der Waals surface area contributed by atoms with Gasteiger partial charge in [-0.3, -0.25) is 9.69 Å². The molecule has 2 aliphatic rings. The lowest BCUT2D eigenvalue weighted by atomic mass is 9.86. The Labute approximate surface area is 176 Å². The normalized spacial score (nSPS) is 23.4. The molecule has 2 aromatic rings. The summed E-state index contributed by atoms with van der Waals surface area (Å²) in [7, 11) is 0. The minimum absolute atomic E-state index is 0.0371. The molecule has 1 aromatic carbocycles. The van der Waals surface area contributed by atoms with Gasteiger partial charge < -0.3 is 14.6 Å². The third kappa shape index (κ3) is 4.83. The number of piperidine rings is 1. The molecule has 6 nitrogen and oxygen atoms in total. The zero-order chi connectivity index (χ0) is 21.1. The number of likely N-dealkylation sites (tertiary alicyclic amines) is 1. The van der Waals surface area contributed by atoms with Crippen molar-refractivity contribution in [3.05, 3.63) is 46.6 Å². The smallest absolute Gasteiger partial charge is 0.258 e. The summed E-state index contributed by atoms with van der Waals surface area (Å²) in [5.74, 6) is 1.49. The van der Waals surface area contributed by atoms with E-state index in [0.29, 0.717) is 11.7 Å². The van der Waals surface area contributed by atoms with E-state index in [2.05, 4.69) is 15.4 Å². The zero-order valence-electron chi connectivity index (χ0n) is 17.7. The number of fused-ring (bicyclic) bond motifs is 2. The molecule has 7 heteroatoms. The molecule has 0 unspecified atom stereocenters. The Morgan fingerprint density at radius 2 is 2.13 bits per heavy atom. The van der Waals surface area contributed by atoms with Crippen molar-refractivity contribution in [2.75, 3.05) is 19.7 Å². The zero-order valence-corrected chi connectivity index (χ0v) is 17.7. The molecule has 1 N–H and O–H groups in total. The molecule has 1 fully saturated rings. The van der Waals surface area contributed by atoms with Crippen LogP contribution in [0.4, 0.5) is 4.39 Å². The summed E-state index contributed by atoms with van der Waals surface area (Å²) in [4.78, 5) is 15.0. The molecule has 1 saturated heterocycles. The second kappa shape index (κ2) is 9.16. The van der Waals surface area contributed by atoms with E-state index >= 15 is 0 Å². The molecule has 1 aromatic heterocycles. The van der Waals surface area contributed by atoms with Gasteiger partial charge in [-0.2, -0.15) is 0 Å². The highest BCUT2D eigenvalue weighted by molar-refractivity contribution is 5.78. The summed E-state index contributed by atoms with van der Waals surface area (Å²) in [6.45, 7) is 6.59. The molecule has 4 rings (SSSR count). The summed E-state index contributed by atoms with van der Waals surface area (Å²) in [5, 5.41) is 7.25. The van der Waals surface area contributed by atoms with Gasteiger partial charge in [-0.05, 0) is 69.2 Å². The third-order valence-corrected chi connectivity index (χ3v) is 6.38. The van der Waals surface area contributed by atoms with Crippen LogP contribution in [0.3, 0.4) is 0 Å². The van der Waals surface area contributed by atoms with Crippen molar-refractivity contribution in [1.82, 2.24) is 15.4 Å². The van der Waals surface area contributed by atoms with Crippen LogP contribution in [0.5, 0.6) is 5.75 Å². The van der Waals surface area contributed by atoms with Crippen molar-refractivity contribution in [3.8, 4) is 5.75 Å². The van der Waals surface area contributed by atoms with Crippen molar-refractivity contribution in [2.24, 2.45) is 5.92 Å². The fourth-order valence-electron chi connectivity index (χ4n) is 4.68. The van der Waals surface area contributed by atoms with E-state index in [1.54, 1.807) is 6.07 Å². The average Bonchev–Trinajstić information content (AvgIpc) is 3.03. The second-order valence-electron chi connectivity index (χ2n) is 8.55. The van der Waals surface area contributed by atoms with E-state index in [4.69, 9.17) is 9.26 Å². The summed E-state index contributed by atoms with van der Waals surface area (Å²) in [5.41, 5.74) is 2.95. The highest BCUT2D eigenvalue weighted by Gasteiger charge is 2.31. The fourth-order valence-corrected chi connectivity index (χ4v) is 4.68. The van der Waals surface area contributed by atoms with E-state index in [1.807, 2.05) is 13.8 Å². The number of amides is 1. The lowest BCUT2D eigenvalue weighted by Gasteiger charge is -2.39. The first-order valence-corrected chi connectivity index (χ1v) is 10.8. The molecule has 3 heterocycles. The van der Waals surface area contributed by atoms with Crippen LogP contribution in [0.25, 0.3) is 0 Å². The van der Waals surface area contributed by atoms with E-state index in [9.17, 15) is 9.18 Å². The molecular formula is C23H30FN3O3. The number of aromatic nitrogens is 1. The number of hydrogen-bond acceptors (Lipinski definition) is 5. The lowest BCUT2D eigenvalue weighted by molar-refractivity contribution is -0.124. The molecule has 0 saturated carbocycles. The molecular weight excluding hydrogens is 385 g/mol. The summed E-state index contributed by atoms with van der Waals surface area (Å²) < 4.78 is 24.7. The maximum atomic E-state index is 13.7. The van der Waals surface area contributed by atoms with Crippen LogP contribution >= 0.6 is 0 Å². The van der Waals surface area contributed by atoms with Gasteiger partial charge >= 0.3 is 0 Å². The molecule has 0 spiro atoms. The Balaban J connectivity index is 1.44. The van der Waals surface area contributed by atoms with Crippen LogP contribution in [0.2, 0.25) is 0 Å². The van der Waals surface area contributed by atoms with Gasteiger partial charge in [-0.15, -0.1) is 0 Å². The number of rotatable bonds is 2. The van der Waals surface area contributed by atoms with Crippen LogP contribution in [0.1, 0.15) is 48.3 Å².